The number of hydrogen-bond acceptors (Lipinski definition) is 6. The van der Waals surface area contributed by atoms with Crippen LogP contribution in [0.2, 0.25) is 0 Å². The molecule has 10 nitrogen and oxygen atoms in total. The molecule has 1 atom stereocenters. The highest BCUT2D eigenvalue weighted by Gasteiger charge is 2.42. The number of fused-ring (bicyclic) bond motifs is 1. The monoisotopic (exact) mass is 577 g/mol. The van der Waals surface area contributed by atoms with E-state index in [-0.39, 0.29) is 29.9 Å². The number of anilines is 1. The number of nitrogens with one attached hydrogen (secondary N) is 1. The van der Waals surface area contributed by atoms with Crippen molar-refractivity contribution in [1.82, 2.24) is 14.7 Å². The van der Waals surface area contributed by atoms with Crippen LogP contribution >= 0.6 is 11.6 Å². The quantitative estimate of drug-likeness (QED) is 0.412. The molecule has 11 heteroatoms. The minimum absolute atomic E-state index is 0.000707. The van der Waals surface area contributed by atoms with Gasteiger partial charge in [-0.25, -0.2) is 0 Å². The number of phenolic OH excluding ortho intramolecular Hbond substituents is 1. The summed E-state index contributed by atoms with van der Waals surface area (Å²) < 4.78 is 0. The molecule has 1 fully saturated rings. The van der Waals surface area contributed by atoms with Crippen LogP contribution in [0, 0.1) is 5.41 Å². The molecule has 1 saturated heterocycles. The van der Waals surface area contributed by atoms with Gasteiger partial charge in [-0.15, -0.1) is 11.6 Å². The molecule has 41 heavy (non-hydrogen) atoms. The van der Waals surface area contributed by atoms with Crippen molar-refractivity contribution in [2.24, 2.45) is 11.1 Å². The van der Waals surface area contributed by atoms with Gasteiger partial charge < -0.3 is 26.0 Å². The highest BCUT2D eigenvalue weighted by atomic mass is 35.5. The van der Waals surface area contributed by atoms with Gasteiger partial charge in [-0.05, 0) is 55.3 Å². The molecule has 2 heterocycles. The van der Waals surface area contributed by atoms with E-state index in [1.807, 2.05) is 12.1 Å². The van der Waals surface area contributed by atoms with Crippen LogP contribution in [0.15, 0.2) is 72.0 Å². The number of carbonyl (C=O) groups is 4. The number of allylic oxidation sites excluding steroid dienone is 1. The molecule has 2 aromatic rings. The zero-order chi connectivity index (χ0) is 29.1. The van der Waals surface area contributed by atoms with Crippen LogP contribution in [-0.2, 0) is 20.9 Å². The van der Waals surface area contributed by atoms with E-state index in [9.17, 15) is 24.3 Å². The first-order chi connectivity index (χ1) is 19.7. The van der Waals surface area contributed by atoms with E-state index in [2.05, 4.69) is 10.2 Å². The average molecular weight is 578 g/mol. The van der Waals surface area contributed by atoms with Gasteiger partial charge in [0.05, 0.1) is 12.0 Å². The number of rotatable bonds is 8. The zero-order valence-corrected chi connectivity index (χ0v) is 23.3. The molecule has 0 spiro atoms. The summed E-state index contributed by atoms with van der Waals surface area (Å²) in [5.41, 5.74) is 7.38. The van der Waals surface area contributed by atoms with Crippen molar-refractivity contribution in [2.75, 3.05) is 43.9 Å². The third-order valence-electron chi connectivity index (χ3n) is 7.99. The Hall–Kier alpha value is -4.15. The molecule has 1 aliphatic carbocycles. The second-order valence-corrected chi connectivity index (χ2v) is 10.9. The van der Waals surface area contributed by atoms with Gasteiger partial charge in [0.1, 0.15) is 11.6 Å². The van der Waals surface area contributed by atoms with E-state index in [1.54, 1.807) is 46.2 Å². The minimum atomic E-state index is -1.23. The van der Waals surface area contributed by atoms with Crippen molar-refractivity contribution in [2.45, 2.75) is 19.4 Å². The lowest BCUT2D eigenvalue weighted by molar-refractivity contribution is -0.130. The third-order valence-corrected chi connectivity index (χ3v) is 8.21. The number of halogens is 1. The summed E-state index contributed by atoms with van der Waals surface area (Å²) in [6, 6.07) is 13.5. The maximum Gasteiger partial charge on any atom is 0.258 e. The number of nitrogens with zero attached hydrogens (tertiary/aromatic N) is 3. The topological polar surface area (TPSA) is 136 Å². The number of phenols is 1. The van der Waals surface area contributed by atoms with Gasteiger partial charge in [-0.1, -0.05) is 24.3 Å². The number of alkyl halides is 1. The van der Waals surface area contributed by atoms with Gasteiger partial charge in [0.25, 0.3) is 11.8 Å². The van der Waals surface area contributed by atoms with Crippen LogP contribution in [0.3, 0.4) is 0 Å². The Morgan fingerprint density at radius 1 is 1.05 bits per heavy atom. The third kappa shape index (κ3) is 5.98. The summed E-state index contributed by atoms with van der Waals surface area (Å²) in [6.07, 6.45) is 3.74. The standard InChI is InChI=1S/C30H32ClN5O5/c31-18-26(38)35-12-10-34(11-13-35)9-8-30(29(32)41)16-21(27(39)33-22-5-3-6-24(37)15-22)14-23(17-30)36-19-20-4-1-2-7-25(20)28(36)40/h1-7,14-15,17,37H,8-13,16,18-19H2,(H2,32,41)(H,33,39). The second-order valence-electron chi connectivity index (χ2n) is 10.6. The molecule has 214 valence electrons. The van der Waals surface area contributed by atoms with Gasteiger partial charge >= 0.3 is 0 Å². The average Bonchev–Trinajstić information content (AvgIpc) is 3.32. The van der Waals surface area contributed by atoms with Crippen molar-refractivity contribution in [3.63, 3.8) is 0 Å². The summed E-state index contributed by atoms with van der Waals surface area (Å²) in [5, 5.41) is 12.6. The van der Waals surface area contributed by atoms with Crippen LogP contribution in [0.5, 0.6) is 5.75 Å². The van der Waals surface area contributed by atoms with E-state index >= 15 is 0 Å². The number of nitrogens with two attached hydrogens (primary N) is 1. The molecule has 0 radical (unpaired) electrons. The van der Waals surface area contributed by atoms with Crippen molar-refractivity contribution >= 4 is 40.9 Å². The summed E-state index contributed by atoms with van der Waals surface area (Å²) in [5.74, 6) is -1.42. The smallest absolute Gasteiger partial charge is 0.258 e. The lowest BCUT2D eigenvalue weighted by atomic mass is 9.73. The molecule has 0 bridgehead atoms. The molecular weight excluding hydrogens is 546 g/mol. The Balaban J connectivity index is 1.42. The first kappa shape index (κ1) is 28.4. The molecular formula is C30H32ClN5O5. The Bertz CT molecular complexity index is 1450. The minimum Gasteiger partial charge on any atom is -0.508 e. The Morgan fingerprint density at radius 2 is 1.80 bits per heavy atom. The van der Waals surface area contributed by atoms with Crippen LogP contribution in [0.1, 0.15) is 28.8 Å². The molecule has 4 N–H and O–H groups in total. The second kappa shape index (κ2) is 11.8. The zero-order valence-electron chi connectivity index (χ0n) is 22.5. The van der Waals surface area contributed by atoms with Crippen molar-refractivity contribution in [1.29, 1.82) is 0 Å². The maximum atomic E-state index is 13.5. The van der Waals surface area contributed by atoms with E-state index in [4.69, 9.17) is 17.3 Å². The van der Waals surface area contributed by atoms with Crippen LogP contribution in [0.25, 0.3) is 0 Å². The van der Waals surface area contributed by atoms with E-state index in [0.29, 0.717) is 68.2 Å². The number of piperazine rings is 1. The number of carbonyl (C=O) groups excluding carboxylic acids is 4. The van der Waals surface area contributed by atoms with E-state index in [0.717, 1.165) is 5.56 Å². The maximum absolute atomic E-state index is 13.5. The number of primary amides is 1. The van der Waals surface area contributed by atoms with Crippen LogP contribution in [0.4, 0.5) is 5.69 Å². The summed E-state index contributed by atoms with van der Waals surface area (Å²) in [7, 11) is 0. The van der Waals surface area contributed by atoms with Crippen molar-refractivity contribution in [3.8, 4) is 5.75 Å². The molecule has 5 rings (SSSR count). The molecule has 2 aromatic carbocycles. The largest absolute Gasteiger partial charge is 0.508 e. The first-order valence-corrected chi connectivity index (χ1v) is 14.0. The summed E-state index contributed by atoms with van der Waals surface area (Å²) in [6.45, 7) is 3.13. The van der Waals surface area contributed by atoms with Gasteiger partial charge in [-0.2, -0.15) is 0 Å². The lowest BCUT2D eigenvalue weighted by Gasteiger charge is -2.38. The van der Waals surface area contributed by atoms with Crippen molar-refractivity contribution < 1.29 is 24.3 Å². The van der Waals surface area contributed by atoms with Gasteiger partial charge in [0.15, 0.2) is 0 Å². The molecule has 4 amide bonds. The fraction of sp³-hybridized carbons (Fsp3) is 0.333. The number of aromatic hydroxyl groups is 1. The van der Waals surface area contributed by atoms with Crippen LogP contribution < -0.4 is 11.1 Å². The predicted molar refractivity (Wildman–Crippen MR) is 154 cm³/mol. The summed E-state index contributed by atoms with van der Waals surface area (Å²) in [4.78, 5) is 57.4. The number of amides is 4. The summed E-state index contributed by atoms with van der Waals surface area (Å²) >= 11 is 5.70. The fourth-order valence-electron chi connectivity index (χ4n) is 5.61. The van der Waals surface area contributed by atoms with E-state index < -0.39 is 17.2 Å². The Kier molecular flexibility index (Phi) is 8.14. The predicted octanol–water partition coefficient (Wildman–Crippen LogP) is 2.45. The molecule has 0 saturated carbocycles. The highest BCUT2D eigenvalue weighted by Crippen LogP contribution is 2.41. The van der Waals surface area contributed by atoms with E-state index in [1.165, 1.54) is 12.1 Å². The van der Waals surface area contributed by atoms with Gasteiger partial charge in [-0.3, -0.25) is 24.1 Å². The SMILES string of the molecule is NC(=O)C1(CCN2CCN(C(=O)CCl)CC2)C=C(N2Cc3ccccc3C2=O)C=C(C(=O)Nc2cccc(O)c2)C1. The molecule has 2 aliphatic heterocycles. The Labute approximate surface area is 243 Å². The van der Waals surface area contributed by atoms with Crippen LogP contribution in [-0.4, -0.2) is 82.0 Å². The molecule has 0 aromatic heterocycles. The molecule has 3 aliphatic rings. The highest BCUT2D eigenvalue weighted by molar-refractivity contribution is 6.27. The normalized spacial score (nSPS) is 20.8. The van der Waals surface area contributed by atoms with Gasteiger partial charge in [0.2, 0.25) is 11.8 Å². The Morgan fingerprint density at radius 3 is 2.49 bits per heavy atom. The van der Waals surface area contributed by atoms with Gasteiger partial charge in [0, 0.05) is 54.8 Å². The van der Waals surface area contributed by atoms with Crippen molar-refractivity contribution in [3.05, 3.63) is 83.1 Å². The lowest BCUT2D eigenvalue weighted by Crippen LogP contribution is -2.50. The number of benzene rings is 2. The first-order valence-electron chi connectivity index (χ1n) is 13.5. The molecule has 1 unspecified atom stereocenters. The number of hydrogen-bond donors (Lipinski definition) is 3. The fourth-order valence-corrected chi connectivity index (χ4v) is 5.78.